The van der Waals surface area contributed by atoms with Gasteiger partial charge in [-0.2, -0.15) is 0 Å². The first-order valence-electron chi connectivity index (χ1n) is 6.55. The van der Waals surface area contributed by atoms with Gasteiger partial charge in [-0.3, -0.25) is 9.59 Å². The number of carbonyl (C=O) groups excluding carboxylic acids is 2. The van der Waals surface area contributed by atoms with Gasteiger partial charge in [0.25, 0.3) is 0 Å². The van der Waals surface area contributed by atoms with Gasteiger partial charge in [-0.1, -0.05) is 13.8 Å². The van der Waals surface area contributed by atoms with Crippen molar-refractivity contribution < 1.29 is 24.2 Å². The number of ether oxygens (including phenoxy) is 1. The highest BCUT2D eigenvalue weighted by Crippen LogP contribution is 2.09. The summed E-state index contributed by atoms with van der Waals surface area (Å²) < 4.78 is 4.60. The lowest BCUT2D eigenvalue weighted by atomic mass is 10.1. The van der Waals surface area contributed by atoms with Crippen molar-refractivity contribution in [3.63, 3.8) is 0 Å². The van der Waals surface area contributed by atoms with Crippen LogP contribution in [0.2, 0.25) is 0 Å². The second-order valence-corrected chi connectivity index (χ2v) is 4.87. The van der Waals surface area contributed by atoms with Gasteiger partial charge in [0.1, 0.15) is 6.54 Å². The number of esters is 1. The highest BCUT2D eigenvalue weighted by atomic mass is 16.5. The maximum atomic E-state index is 12.3. The number of methoxy groups -OCH3 is 1. The maximum Gasteiger partial charge on any atom is 0.323 e. The molecule has 0 aliphatic carbocycles. The van der Waals surface area contributed by atoms with Crippen LogP contribution >= 0.6 is 0 Å². The molecule has 0 bridgehead atoms. The van der Waals surface area contributed by atoms with E-state index in [4.69, 9.17) is 5.11 Å². The molecule has 2 atom stereocenters. The van der Waals surface area contributed by atoms with Crippen LogP contribution in [0.4, 0.5) is 4.79 Å². The predicted octanol–water partition coefficient (Wildman–Crippen LogP) is 1.03. The van der Waals surface area contributed by atoms with E-state index in [1.165, 1.54) is 16.9 Å². The van der Waals surface area contributed by atoms with Crippen LogP contribution in [-0.4, -0.2) is 66.2 Å². The summed E-state index contributed by atoms with van der Waals surface area (Å²) in [6.45, 7) is 5.14. The Hall–Kier alpha value is -1.79. The van der Waals surface area contributed by atoms with Crippen LogP contribution in [0.3, 0.4) is 0 Å². The van der Waals surface area contributed by atoms with E-state index < -0.39 is 23.9 Å². The summed E-state index contributed by atoms with van der Waals surface area (Å²) >= 11 is 0. The summed E-state index contributed by atoms with van der Waals surface area (Å²) in [5, 5.41) is 8.88. The number of hydrogen-bond acceptors (Lipinski definition) is 4. The largest absolute Gasteiger partial charge is 0.480 e. The molecule has 0 heterocycles. The van der Waals surface area contributed by atoms with E-state index in [-0.39, 0.29) is 19.1 Å². The summed E-state index contributed by atoms with van der Waals surface area (Å²) in [5.41, 5.74) is 0. The van der Waals surface area contributed by atoms with Crippen LogP contribution in [0.1, 0.15) is 27.2 Å². The minimum absolute atomic E-state index is 0.179. The Morgan fingerprint density at radius 2 is 1.80 bits per heavy atom. The first kappa shape index (κ1) is 18.2. The van der Waals surface area contributed by atoms with Crippen molar-refractivity contribution in [1.29, 1.82) is 0 Å². The minimum atomic E-state index is -1.06. The topological polar surface area (TPSA) is 87.2 Å². The van der Waals surface area contributed by atoms with Crippen molar-refractivity contribution in [1.82, 2.24) is 9.80 Å². The van der Waals surface area contributed by atoms with Gasteiger partial charge in [-0.05, 0) is 13.3 Å². The fourth-order valence-electron chi connectivity index (χ4n) is 1.76. The van der Waals surface area contributed by atoms with Crippen LogP contribution in [0, 0.1) is 5.92 Å². The SMILES string of the molecule is CCC(C)N(CC(=O)O)C(=O)N(C)CC(C)C(=O)OC. The number of hydrogen-bond donors (Lipinski definition) is 1. The average molecular weight is 288 g/mol. The number of urea groups is 1. The predicted molar refractivity (Wildman–Crippen MR) is 73.3 cm³/mol. The molecule has 0 spiro atoms. The van der Waals surface area contributed by atoms with Crippen molar-refractivity contribution in [2.75, 3.05) is 27.2 Å². The van der Waals surface area contributed by atoms with Gasteiger partial charge >= 0.3 is 18.0 Å². The Morgan fingerprint density at radius 3 is 2.20 bits per heavy atom. The van der Waals surface area contributed by atoms with Crippen LogP contribution in [0.5, 0.6) is 0 Å². The number of carbonyl (C=O) groups is 3. The van der Waals surface area contributed by atoms with Gasteiger partial charge < -0.3 is 19.6 Å². The third-order valence-electron chi connectivity index (χ3n) is 3.15. The molecular formula is C13H24N2O5. The van der Waals surface area contributed by atoms with Crippen molar-refractivity contribution >= 4 is 18.0 Å². The van der Waals surface area contributed by atoms with Gasteiger partial charge in [0, 0.05) is 19.6 Å². The van der Waals surface area contributed by atoms with E-state index in [2.05, 4.69) is 4.74 Å². The quantitative estimate of drug-likeness (QED) is 0.707. The zero-order valence-electron chi connectivity index (χ0n) is 12.8. The molecule has 7 heteroatoms. The number of amides is 2. The molecule has 20 heavy (non-hydrogen) atoms. The molecule has 1 N–H and O–H groups in total. The lowest BCUT2D eigenvalue weighted by molar-refractivity contribution is -0.145. The third-order valence-corrected chi connectivity index (χ3v) is 3.15. The molecule has 0 aromatic carbocycles. The molecule has 0 aliphatic rings. The summed E-state index contributed by atoms with van der Waals surface area (Å²) in [6, 6.07) is -0.591. The molecule has 2 unspecified atom stereocenters. The number of carboxylic acids is 1. The van der Waals surface area contributed by atoms with Crippen molar-refractivity contribution in [3.8, 4) is 0 Å². The van der Waals surface area contributed by atoms with E-state index in [9.17, 15) is 14.4 Å². The van der Waals surface area contributed by atoms with E-state index in [1.54, 1.807) is 20.9 Å². The average Bonchev–Trinajstić information content (AvgIpc) is 2.41. The Morgan fingerprint density at radius 1 is 1.25 bits per heavy atom. The fraction of sp³-hybridized carbons (Fsp3) is 0.769. The standard InChI is InChI=1S/C13H24N2O5/c1-6-10(3)15(8-11(16)17)13(19)14(4)7-9(2)12(18)20-5/h9-10H,6-8H2,1-5H3,(H,16,17). The second kappa shape index (κ2) is 8.39. The molecule has 0 aliphatic heterocycles. The number of aliphatic carboxylic acids is 1. The van der Waals surface area contributed by atoms with Gasteiger partial charge in [0.2, 0.25) is 0 Å². The summed E-state index contributed by atoms with van der Waals surface area (Å²) in [4.78, 5) is 37.1. The zero-order valence-corrected chi connectivity index (χ0v) is 12.8. The molecule has 0 aromatic heterocycles. The molecule has 7 nitrogen and oxygen atoms in total. The maximum absolute atomic E-state index is 12.3. The van der Waals surface area contributed by atoms with Gasteiger partial charge in [0.15, 0.2) is 0 Å². The van der Waals surface area contributed by atoms with Crippen molar-refractivity contribution in [2.45, 2.75) is 33.2 Å². The van der Waals surface area contributed by atoms with Crippen molar-refractivity contribution in [3.05, 3.63) is 0 Å². The Balaban J connectivity index is 4.79. The fourth-order valence-corrected chi connectivity index (χ4v) is 1.76. The van der Waals surface area contributed by atoms with Crippen LogP contribution in [-0.2, 0) is 14.3 Å². The highest BCUT2D eigenvalue weighted by molar-refractivity contribution is 5.81. The molecule has 116 valence electrons. The van der Waals surface area contributed by atoms with Gasteiger partial charge in [-0.25, -0.2) is 4.79 Å². The lowest BCUT2D eigenvalue weighted by Crippen LogP contribution is -2.49. The third kappa shape index (κ3) is 5.46. The molecule has 0 radical (unpaired) electrons. The van der Waals surface area contributed by atoms with Crippen LogP contribution in [0.15, 0.2) is 0 Å². The Bertz CT molecular complexity index is 359. The molecular weight excluding hydrogens is 264 g/mol. The molecule has 0 rings (SSSR count). The molecule has 0 fully saturated rings. The normalized spacial score (nSPS) is 13.2. The number of carboxylic acid groups (broad SMARTS) is 1. The number of nitrogens with zero attached hydrogens (tertiary/aromatic N) is 2. The zero-order chi connectivity index (χ0) is 15.9. The summed E-state index contributed by atoms with van der Waals surface area (Å²) in [5.74, 6) is -1.93. The molecule has 0 aromatic rings. The summed E-state index contributed by atoms with van der Waals surface area (Å²) in [7, 11) is 2.83. The Labute approximate surface area is 119 Å². The van der Waals surface area contributed by atoms with Gasteiger partial charge in [-0.15, -0.1) is 0 Å². The van der Waals surface area contributed by atoms with Crippen LogP contribution < -0.4 is 0 Å². The first-order chi connectivity index (χ1) is 9.24. The van der Waals surface area contributed by atoms with E-state index >= 15 is 0 Å². The Kier molecular flexibility index (Phi) is 7.64. The first-order valence-corrected chi connectivity index (χ1v) is 6.55. The lowest BCUT2D eigenvalue weighted by Gasteiger charge is -2.32. The number of rotatable bonds is 7. The smallest absolute Gasteiger partial charge is 0.323 e. The highest BCUT2D eigenvalue weighted by Gasteiger charge is 2.26. The van der Waals surface area contributed by atoms with Gasteiger partial charge in [0.05, 0.1) is 13.0 Å². The van der Waals surface area contributed by atoms with E-state index in [0.717, 1.165) is 0 Å². The van der Waals surface area contributed by atoms with Crippen LogP contribution in [0.25, 0.3) is 0 Å². The monoisotopic (exact) mass is 288 g/mol. The second-order valence-electron chi connectivity index (χ2n) is 4.87. The van der Waals surface area contributed by atoms with E-state index in [0.29, 0.717) is 6.42 Å². The minimum Gasteiger partial charge on any atom is -0.480 e. The van der Waals surface area contributed by atoms with Crippen molar-refractivity contribution in [2.24, 2.45) is 5.92 Å². The molecule has 0 saturated carbocycles. The van der Waals surface area contributed by atoms with E-state index in [1.807, 2.05) is 6.92 Å². The summed E-state index contributed by atoms with van der Waals surface area (Å²) in [6.07, 6.45) is 0.652. The molecule has 0 saturated heterocycles. The molecule has 2 amide bonds.